The van der Waals surface area contributed by atoms with Gasteiger partial charge in [0.15, 0.2) is 0 Å². The Bertz CT molecular complexity index is 848. The second-order valence-corrected chi connectivity index (χ2v) is 6.66. The van der Waals surface area contributed by atoms with Crippen molar-refractivity contribution in [3.8, 4) is 10.6 Å². The molecular formula is C18H16ClN3OS. The zero-order valence-corrected chi connectivity index (χ0v) is 14.7. The zero-order valence-electron chi connectivity index (χ0n) is 13.1. The number of rotatable bonds is 5. The molecule has 0 atom stereocenters. The van der Waals surface area contributed by atoms with Gasteiger partial charge in [-0.3, -0.25) is 9.78 Å². The fraction of sp³-hybridized carbons (Fsp3) is 0.167. The average Bonchev–Trinajstić information content (AvgIpc) is 3.06. The van der Waals surface area contributed by atoms with Gasteiger partial charge in [-0.1, -0.05) is 17.7 Å². The highest BCUT2D eigenvalue weighted by Gasteiger charge is 2.08. The first-order valence-corrected chi connectivity index (χ1v) is 8.78. The first kappa shape index (κ1) is 16.6. The van der Waals surface area contributed by atoms with Crippen LogP contribution in [-0.2, 0) is 11.2 Å². The highest BCUT2D eigenvalue weighted by atomic mass is 35.5. The van der Waals surface area contributed by atoms with Crippen molar-refractivity contribution in [3.63, 3.8) is 0 Å². The molecule has 0 aliphatic rings. The molecule has 2 heterocycles. The van der Waals surface area contributed by atoms with Crippen LogP contribution in [0.3, 0.4) is 0 Å². The van der Waals surface area contributed by atoms with Gasteiger partial charge in [0, 0.05) is 40.5 Å². The predicted molar refractivity (Wildman–Crippen MR) is 98.5 cm³/mol. The van der Waals surface area contributed by atoms with Crippen LogP contribution >= 0.6 is 22.9 Å². The molecule has 0 fully saturated rings. The van der Waals surface area contributed by atoms with Crippen molar-refractivity contribution >= 4 is 34.5 Å². The molecule has 0 aliphatic carbocycles. The van der Waals surface area contributed by atoms with Crippen LogP contribution in [0.4, 0.5) is 5.69 Å². The lowest BCUT2D eigenvalue weighted by Crippen LogP contribution is -2.12. The molecule has 0 spiro atoms. The van der Waals surface area contributed by atoms with Gasteiger partial charge >= 0.3 is 0 Å². The van der Waals surface area contributed by atoms with E-state index in [4.69, 9.17) is 11.6 Å². The Morgan fingerprint density at radius 1 is 1.25 bits per heavy atom. The summed E-state index contributed by atoms with van der Waals surface area (Å²) in [7, 11) is 0. The fourth-order valence-corrected chi connectivity index (χ4v) is 3.23. The van der Waals surface area contributed by atoms with E-state index < -0.39 is 0 Å². The number of hydrogen-bond donors (Lipinski definition) is 1. The molecule has 4 nitrogen and oxygen atoms in total. The maximum absolute atomic E-state index is 12.1. The van der Waals surface area contributed by atoms with E-state index in [-0.39, 0.29) is 5.91 Å². The summed E-state index contributed by atoms with van der Waals surface area (Å²) in [5, 5.41) is 6.44. The molecule has 0 aliphatic heterocycles. The average molecular weight is 358 g/mol. The minimum Gasteiger partial charge on any atom is -0.326 e. The summed E-state index contributed by atoms with van der Waals surface area (Å²) in [6, 6.07) is 9.36. The number of nitrogens with zero attached hydrogens (tertiary/aromatic N) is 2. The Morgan fingerprint density at radius 2 is 2.04 bits per heavy atom. The Labute approximate surface area is 149 Å². The third kappa shape index (κ3) is 4.19. The van der Waals surface area contributed by atoms with E-state index in [1.165, 1.54) is 0 Å². The summed E-state index contributed by atoms with van der Waals surface area (Å²) in [5.74, 6) is -0.0478. The first-order valence-electron chi connectivity index (χ1n) is 7.52. The number of hydrogen-bond acceptors (Lipinski definition) is 4. The number of pyridine rings is 1. The fourth-order valence-electron chi connectivity index (χ4n) is 2.18. The highest BCUT2D eigenvalue weighted by molar-refractivity contribution is 7.13. The molecule has 6 heteroatoms. The largest absolute Gasteiger partial charge is 0.326 e. The molecule has 0 saturated heterocycles. The number of thiazole rings is 1. The number of halogens is 1. The minimum atomic E-state index is -0.0478. The molecular weight excluding hydrogens is 342 g/mol. The van der Waals surface area contributed by atoms with Gasteiger partial charge in [-0.15, -0.1) is 11.3 Å². The van der Waals surface area contributed by atoms with Gasteiger partial charge in [-0.2, -0.15) is 0 Å². The van der Waals surface area contributed by atoms with Crippen molar-refractivity contribution in [2.75, 3.05) is 5.32 Å². The van der Waals surface area contributed by atoms with E-state index in [0.29, 0.717) is 23.6 Å². The van der Waals surface area contributed by atoms with E-state index in [9.17, 15) is 4.79 Å². The standard InChI is InChI=1S/C18H16ClN3OS/c1-12-2-3-14(10-16(12)19)21-17(23)5-4-15-11-24-18(22-15)13-6-8-20-9-7-13/h2-3,6-11H,4-5H2,1H3,(H,21,23). The lowest BCUT2D eigenvalue weighted by Gasteiger charge is -2.06. The van der Waals surface area contributed by atoms with Crippen LogP contribution in [0, 0.1) is 6.92 Å². The normalized spacial score (nSPS) is 10.6. The number of aromatic nitrogens is 2. The topological polar surface area (TPSA) is 54.9 Å². The number of amides is 1. The summed E-state index contributed by atoms with van der Waals surface area (Å²) < 4.78 is 0. The second kappa shape index (κ2) is 7.55. The van der Waals surface area contributed by atoms with E-state index in [1.807, 2.05) is 36.6 Å². The first-order chi connectivity index (χ1) is 11.6. The number of nitrogens with one attached hydrogen (secondary N) is 1. The van der Waals surface area contributed by atoms with Crippen molar-refractivity contribution in [1.29, 1.82) is 0 Å². The van der Waals surface area contributed by atoms with Gasteiger partial charge in [0.25, 0.3) is 0 Å². The maximum atomic E-state index is 12.1. The summed E-state index contributed by atoms with van der Waals surface area (Å²) >= 11 is 7.64. The summed E-state index contributed by atoms with van der Waals surface area (Å²) in [6.07, 6.45) is 4.48. The van der Waals surface area contributed by atoms with Gasteiger partial charge in [-0.05, 0) is 43.2 Å². The lowest BCUT2D eigenvalue weighted by atomic mass is 10.2. The predicted octanol–water partition coefficient (Wildman–Crippen LogP) is 4.74. The van der Waals surface area contributed by atoms with Gasteiger partial charge < -0.3 is 5.32 Å². The molecule has 1 aromatic carbocycles. The highest BCUT2D eigenvalue weighted by Crippen LogP contribution is 2.24. The molecule has 0 unspecified atom stereocenters. The Kier molecular flexibility index (Phi) is 5.23. The summed E-state index contributed by atoms with van der Waals surface area (Å²) in [5.41, 5.74) is 3.66. The number of anilines is 1. The third-order valence-electron chi connectivity index (χ3n) is 3.54. The molecule has 3 aromatic rings. The van der Waals surface area contributed by atoms with Crippen molar-refractivity contribution < 1.29 is 4.79 Å². The molecule has 3 rings (SSSR count). The van der Waals surface area contributed by atoms with Crippen molar-refractivity contribution in [2.45, 2.75) is 19.8 Å². The SMILES string of the molecule is Cc1ccc(NC(=O)CCc2csc(-c3ccncc3)n2)cc1Cl. The van der Waals surface area contributed by atoms with Gasteiger partial charge in [-0.25, -0.2) is 4.98 Å². The quantitative estimate of drug-likeness (QED) is 0.717. The number of carbonyl (C=O) groups excluding carboxylic acids is 1. The van der Waals surface area contributed by atoms with Crippen LogP contribution in [0.2, 0.25) is 5.02 Å². The van der Waals surface area contributed by atoms with Gasteiger partial charge in [0.05, 0.1) is 5.69 Å². The number of carbonyl (C=O) groups is 1. The van der Waals surface area contributed by atoms with E-state index >= 15 is 0 Å². The van der Waals surface area contributed by atoms with Gasteiger partial charge in [0.1, 0.15) is 5.01 Å². The molecule has 122 valence electrons. The Morgan fingerprint density at radius 3 is 2.79 bits per heavy atom. The van der Waals surface area contributed by atoms with Crippen LogP contribution in [0.15, 0.2) is 48.1 Å². The Balaban J connectivity index is 1.56. The summed E-state index contributed by atoms with van der Waals surface area (Å²) in [4.78, 5) is 20.6. The van der Waals surface area contributed by atoms with Crippen molar-refractivity contribution in [2.24, 2.45) is 0 Å². The maximum Gasteiger partial charge on any atom is 0.224 e. The molecule has 0 radical (unpaired) electrons. The van der Waals surface area contributed by atoms with Crippen LogP contribution in [0.25, 0.3) is 10.6 Å². The van der Waals surface area contributed by atoms with E-state index in [2.05, 4.69) is 15.3 Å². The Hall–Kier alpha value is -2.24. The van der Waals surface area contributed by atoms with Crippen molar-refractivity contribution in [3.05, 3.63) is 64.4 Å². The zero-order chi connectivity index (χ0) is 16.9. The van der Waals surface area contributed by atoms with Crippen LogP contribution < -0.4 is 5.32 Å². The van der Waals surface area contributed by atoms with Crippen molar-refractivity contribution in [1.82, 2.24) is 9.97 Å². The van der Waals surface area contributed by atoms with Crippen LogP contribution in [0.5, 0.6) is 0 Å². The van der Waals surface area contributed by atoms with E-state index in [0.717, 1.165) is 21.8 Å². The van der Waals surface area contributed by atoms with Crippen LogP contribution in [-0.4, -0.2) is 15.9 Å². The summed E-state index contributed by atoms with van der Waals surface area (Å²) in [6.45, 7) is 1.93. The minimum absolute atomic E-state index is 0.0478. The molecule has 24 heavy (non-hydrogen) atoms. The third-order valence-corrected chi connectivity index (χ3v) is 4.89. The molecule has 2 aromatic heterocycles. The van der Waals surface area contributed by atoms with Crippen LogP contribution in [0.1, 0.15) is 17.7 Å². The smallest absolute Gasteiger partial charge is 0.224 e. The number of benzene rings is 1. The molecule has 0 bridgehead atoms. The molecule has 1 N–H and O–H groups in total. The lowest BCUT2D eigenvalue weighted by molar-refractivity contribution is -0.116. The molecule has 0 saturated carbocycles. The number of aryl methyl sites for hydroxylation is 2. The van der Waals surface area contributed by atoms with E-state index in [1.54, 1.807) is 29.8 Å². The molecule has 1 amide bonds. The monoisotopic (exact) mass is 357 g/mol. The van der Waals surface area contributed by atoms with Gasteiger partial charge in [0.2, 0.25) is 5.91 Å². The second-order valence-electron chi connectivity index (χ2n) is 5.39.